The lowest BCUT2D eigenvalue weighted by atomic mass is 9.88. The van der Waals surface area contributed by atoms with Crippen LogP contribution in [0.2, 0.25) is 0 Å². The Hall–Kier alpha value is -3.28. The zero-order valence-electron chi connectivity index (χ0n) is 14.6. The average molecular weight is 349 g/mol. The van der Waals surface area contributed by atoms with Crippen LogP contribution in [0.25, 0.3) is 5.69 Å². The Bertz CT molecular complexity index is 976. The zero-order chi connectivity index (χ0) is 18.3. The number of benzene rings is 2. The molecular formula is C20H19N3O3. The van der Waals surface area contributed by atoms with Crippen molar-refractivity contribution in [1.82, 2.24) is 9.55 Å². The first-order valence-electron chi connectivity index (χ1n) is 8.38. The van der Waals surface area contributed by atoms with Crippen molar-refractivity contribution in [3.63, 3.8) is 0 Å². The van der Waals surface area contributed by atoms with Gasteiger partial charge in [-0.2, -0.15) is 0 Å². The molecule has 0 radical (unpaired) electrons. The van der Waals surface area contributed by atoms with E-state index >= 15 is 0 Å². The molecule has 0 fully saturated rings. The molecule has 0 bridgehead atoms. The minimum Gasteiger partial charge on any atom is -0.508 e. The SMILES string of the molecule is COc1ccc(-n2ccnc2C2CC(=O)Nc3cc(O)c(C)cc32)cc1. The number of carbonyl (C=O) groups excluding carboxylic acids is 1. The molecule has 0 saturated heterocycles. The third kappa shape index (κ3) is 2.69. The van der Waals surface area contributed by atoms with E-state index in [2.05, 4.69) is 10.3 Å². The number of anilines is 1. The molecule has 2 heterocycles. The molecule has 26 heavy (non-hydrogen) atoms. The normalized spacial score (nSPS) is 16.1. The van der Waals surface area contributed by atoms with E-state index in [-0.39, 0.29) is 17.6 Å². The molecule has 1 amide bonds. The van der Waals surface area contributed by atoms with Crippen LogP contribution < -0.4 is 10.1 Å². The molecule has 2 aromatic carbocycles. The maximum Gasteiger partial charge on any atom is 0.225 e. The summed E-state index contributed by atoms with van der Waals surface area (Å²) in [4.78, 5) is 16.7. The minimum atomic E-state index is -0.185. The molecule has 1 unspecified atom stereocenters. The Labute approximate surface area is 151 Å². The van der Waals surface area contributed by atoms with E-state index in [0.717, 1.165) is 28.4 Å². The van der Waals surface area contributed by atoms with E-state index in [1.807, 2.05) is 48.0 Å². The molecule has 1 atom stereocenters. The Morgan fingerprint density at radius 3 is 2.77 bits per heavy atom. The third-order valence-electron chi connectivity index (χ3n) is 4.74. The molecule has 6 nitrogen and oxygen atoms in total. The predicted molar refractivity (Wildman–Crippen MR) is 98.0 cm³/mol. The summed E-state index contributed by atoms with van der Waals surface area (Å²) in [6, 6.07) is 11.2. The molecular weight excluding hydrogens is 330 g/mol. The van der Waals surface area contributed by atoms with Crippen molar-refractivity contribution in [2.24, 2.45) is 0 Å². The number of phenols is 1. The standard InChI is InChI=1S/C20H19N3O3/c1-12-9-15-16(10-19(25)22-17(15)11-18(12)24)20-21-7-8-23(20)13-3-5-14(26-2)6-4-13/h3-9,11,16,24H,10H2,1-2H3,(H,22,25). The van der Waals surface area contributed by atoms with Gasteiger partial charge in [0.25, 0.3) is 0 Å². The van der Waals surface area contributed by atoms with Crippen LogP contribution in [0.4, 0.5) is 5.69 Å². The summed E-state index contributed by atoms with van der Waals surface area (Å²) < 4.78 is 7.20. The summed E-state index contributed by atoms with van der Waals surface area (Å²) in [5, 5.41) is 12.8. The van der Waals surface area contributed by atoms with Crippen LogP contribution in [-0.4, -0.2) is 27.7 Å². The number of hydrogen-bond donors (Lipinski definition) is 2. The first-order chi connectivity index (χ1) is 12.6. The van der Waals surface area contributed by atoms with Crippen LogP contribution in [0.3, 0.4) is 0 Å². The highest BCUT2D eigenvalue weighted by atomic mass is 16.5. The van der Waals surface area contributed by atoms with Crippen molar-refractivity contribution >= 4 is 11.6 Å². The van der Waals surface area contributed by atoms with E-state index in [1.54, 1.807) is 19.4 Å². The van der Waals surface area contributed by atoms with E-state index in [4.69, 9.17) is 4.74 Å². The van der Waals surface area contributed by atoms with Gasteiger partial charge >= 0.3 is 0 Å². The molecule has 0 aliphatic carbocycles. The number of aromatic hydroxyl groups is 1. The van der Waals surface area contributed by atoms with Crippen molar-refractivity contribution in [3.8, 4) is 17.2 Å². The van der Waals surface area contributed by atoms with Gasteiger partial charge in [0.1, 0.15) is 17.3 Å². The lowest BCUT2D eigenvalue weighted by molar-refractivity contribution is -0.116. The summed E-state index contributed by atoms with van der Waals surface area (Å²) in [5.41, 5.74) is 3.31. The average Bonchev–Trinajstić information content (AvgIpc) is 3.12. The molecule has 4 rings (SSSR count). The number of methoxy groups -OCH3 is 1. The molecule has 0 saturated carbocycles. The number of aryl methyl sites for hydroxylation is 1. The Balaban J connectivity index is 1.81. The lowest BCUT2D eigenvalue weighted by Gasteiger charge is -2.26. The number of amides is 1. The number of imidazole rings is 1. The van der Waals surface area contributed by atoms with E-state index in [0.29, 0.717) is 12.1 Å². The number of fused-ring (bicyclic) bond motifs is 1. The Morgan fingerprint density at radius 1 is 1.27 bits per heavy atom. The van der Waals surface area contributed by atoms with E-state index in [1.165, 1.54) is 0 Å². The maximum absolute atomic E-state index is 12.2. The molecule has 1 aliphatic rings. The Morgan fingerprint density at radius 2 is 2.04 bits per heavy atom. The van der Waals surface area contributed by atoms with Crippen LogP contribution in [-0.2, 0) is 4.79 Å². The predicted octanol–water partition coefficient (Wildman–Crippen LogP) is 3.37. The zero-order valence-corrected chi connectivity index (χ0v) is 14.6. The van der Waals surface area contributed by atoms with Gasteiger partial charge in [0.05, 0.1) is 13.0 Å². The first kappa shape index (κ1) is 16.2. The van der Waals surface area contributed by atoms with Crippen molar-refractivity contribution in [3.05, 3.63) is 65.7 Å². The van der Waals surface area contributed by atoms with Crippen LogP contribution >= 0.6 is 0 Å². The second-order valence-corrected chi connectivity index (χ2v) is 6.38. The monoisotopic (exact) mass is 349 g/mol. The lowest BCUT2D eigenvalue weighted by Crippen LogP contribution is -2.25. The fourth-order valence-electron chi connectivity index (χ4n) is 3.38. The molecule has 0 spiro atoms. The van der Waals surface area contributed by atoms with Crippen molar-refractivity contribution in [1.29, 1.82) is 0 Å². The topological polar surface area (TPSA) is 76.4 Å². The largest absolute Gasteiger partial charge is 0.508 e. The molecule has 132 valence electrons. The van der Waals surface area contributed by atoms with Crippen molar-refractivity contribution in [2.75, 3.05) is 12.4 Å². The first-order valence-corrected chi connectivity index (χ1v) is 8.38. The summed E-state index contributed by atoms with van der Waals surface area (Å²) in [6.07, 6.45) is 3.93. The second kappa shape index (κ2) is 6.22. The van der Waals surface area contributed by atoms with Crippen LogP contribution in [0.15, 0.2) is 48.8 Å². The van der Waals surface area contributed by atoms with Gasteiger partial charge in [-0.25, -0.2) is 4.98 Å². The number of rotatable bonds is 3. The fraction of sp³-hybridized carbons (Fsp3) is 0.200. The molecule has 2 N–H and O–H groups in total. The third-order valence-corrected chi connectivity index (χ3v) is 4.74. The van der Waals surface area contributed by atoms with E-state index in [9.17, 15) is 9.90 Å². The number of nitrogens with zero attached hydrogens (tertiary/aromatic N) is 2. The summed E-state index contributed by atoms with van der Waals surface area (Å²) in [7, 11) is 1.63. The van der Waals surface area contributed by atoms with Gasteiger partial charge in [-0.15, -0.1) is 0 Å². The summed E-state index contributed by atoms with van der Waals surface area (Å²) in [5.74, 6) is 1.47. The highest BCUT2D eigenvalue weighted by Gasteiger charge is 2.30. The van der Waals surface area contributed by atoms with Gasteiger partial charge in [0, 0.05) is 36.3 Å². The number of hydrogen-bond acceptors (Lipinski definition) is 4. The highest BCUT2D eigenvalue weighted by molar-refractivity contribution is 5.95. The number of ether oxygens (including phenoxy) is 1. The number of aromatic nitrogens is 2. The second-order valence-electron chi connectivity index (χ2n) is 6.38. The van der Waals surface area contributed by atoms with Crippen LogP contribution in [0.5, 0.6) is 11.5 Å². The molecule has 1 aromatic heterocycles. The van der Waals surface area contributed by atoms with Crippen molar-refractivity contribution < 1.29 is 14.6 Å². The highest BCUT2D eigenvalue weighted by Crippen LogP contribution is 2.40. The van der Waals surface area contributed by atoms with E-state index < -0.39 is 0 Å². The smallest absolute Gasteiger partial charge is 0.225 e. The Kier molecular flexibility index (Phi) is 3.88. The van der Waals surface area contributed by atoms with Crippen molar-refractivity contribution in [2.45, 2.75) is 19.3 Å². The minimum absolute atomic E-state index is 0.0879. The number of phenolic OH excluding ortho intramolecular Hbond substituents is 1. The van der Waals surface area contributed by atoms with Gasteiger partial charge in [-0.3, -0.25) is 4.79 Å². The number of nitrogens with one attached hydrogen (secondary N) is 1. The summed E-state index contributed by atoms with van der Waals surface area (Å²) in [6.45, 7) is 1.85. The fourth-order valence-corrected chi connectivity index (χ4v) is 3.38. The van der Waals surface area contributed by atoms with Crippen LogP contribution in [0, 0.1) is 6.92 Å². The van der Waals surface area contributed by atoms with Gasteiger partial charge in [0.15, 0.2) is 0 Å². The molecule has 3 aromatic rings. The van der Waals surface area contributed by atoms with Gasteiger partial charge in [-0.1, -0.05) is 0 Å². The van der Waals surface area contributed by atoms with Gasteiger partial charge in [0.2, 0.25) is 5.91 Å². The summed E-state index contributed by atoms with van der Waals surface area (Å²) >= 11 is 0. The van der Waals surface area contributed by atoms with Gasteiger partial charge in [-0.05, 0) is 48.4 Å². The van der Waals surface area contributed by atoms with Gasteiger partial charge < -0.3 is 19.7 Å². The maximum atomic E-state index is 12.2. The quantitative estimate of drug-likeness (QED) is 0.760. The number of carbonyl (C=O) groups is 1. The molecule has 6 heteroatoms. The molecule has 1 aliphatic heterocycles. The van der Waals surface area contributed by atoms with Crippen LogP contribution in [0.1, 0.15) is 29.3 Å².